The van der Waals surface area contributed by atoms with Gasteiger partial charge in [-0.2, -0.15) is 0 Å². The maximum absolute atomic E-state index is 12.8. The molecule has 134 valence electrons. The minimum atomic E-state index is -0.241. The highest BCUT2D eigenvalue weighted by Gasteiger charge is 2.38. The van der Waals surface area contributed by atoms with Crippen LogP contribution in [0.3, 0.4) is 0 Å². The molecule has 3 heterocycles. The monoisotopic (exact) mass is 371 g/mol. The Morgan fingerprint density at radius 1 is 1.31 bits per heavy atom. The van der Waals surface area contributed by atoms with Crippen molar-refractivity contribution >= 4 is 34.4 Å². The number of halogens is 1. The number of hydrogen-bond donors (Lipinski definition) is 2. The maximum atomic E-state index is 12.8. The third kappa shape index (κ3) is 3.22. The first kappa shape index (κ1) is 16.8. The molecule has 0 unspecified atom stereocenters. The lowest BCUT2D eigenvalue weighted by molar-refractivity contribution is 0.0951. The molecular weight excluding hydrogens is 354 g/mol. The van der Waals surface area contributed by atoms with Crippen LogP contribution in [0.1, 0.15) is 41.4 Å². The highest BCUT2D eigenvalue weighted by Crippen LogP contribution is 2.40. The lowest BCUT2D eigenvalue weighted by atomic mass is 10.1. The van der Waals surface area contributed by atoms with Crippen LogP contribution in [0.2, 0.25) is 5.15 Å². The van der Waals surface area contributed by atoms with Crippen LogP contribution in [0.5, 0.6) is 0 Å². The van der Waals surface area contributed by atoms with Crippen LogP contribution in [-0.2, 0) is 6.54 Å². The Labute approximate surface area is 155 Å². The molecule has 0 aliphatic heterocycles. The fraction of sp³-hybridized carbons (Fsp3) is 0.333. The van der Waals surface area contributed by atoms with Crippen molar-refractivity contribution in [2.45, 2.75) is 38.8 Å². The van der Waals surface area contributed by atoms with Crippen molar-refractivity contribution in [2.24, 2.45) is 0 Å². The van der Waals surface area contributed by atoms with Gasteiger partial charge in [-0.25, -0.2) is 15.0 Å². The molecule has 7 nitrogen and oxygen atoms in total. The van der Waals surface area contributed by atoms with Crippen LogP contribution >= 0.6 is 11.6 Å². The molecule has 0 saturated heterocycles. The Hall–Kier alpha value is -2.67. The van der Waals surface area contributed by atoms with E-state index in [2.05, 4.69) is 32.5 Å². The summed E-state index contributed by atoms with van der Waals surface area (Å²) in [5.74, 6) is 0.899. The lowest BCUT2D eigenvalue weighted by Crippen LogP contribution is -2.24. The molecule has 1 saturated carbocycles. The van der Waals surface area contributed by atoms with Gasteiger partial charge in [-0.3, -0.25) is 4.79 Å². The Balaban J connectivity index is 1.63. The third-order valence-electron chi connectivity index (χ3n) is 4.55. The average Bonchev–Trinajstić information content (AvgIpc) is 3.23. The summed E-state index contributed by atoms with van der Waals surface area (Å²) in [7, 11) is 0. The molecule has 1 fully saturated rings. The summed E-state index contributed by atoms with van der Waals surface area (Å²) >= 11 is 5.79. The van der Waals surface area contributed by atoms with Crippen LogP contribution in [0.25, 0.3) is 11.1 Å². The second kappa shape index (κ2) is 6.25. The number of aryl methyl sites for hydroxylation is 1. The highest BCUT2D eigenvalue weighted by atomic mass is 35.5. The maximum Gasteiger partial charge on any atom is 0.255 e. The van der Waals surface area contributed by atoms with Crippen LogP contribution in [0, 0.1) is 6.92 Å². The lowest BCUT2D eigenvalue weighted by Gasteiger charge is -2.13. The summed E-state index contributed by atoms with van der Waals surface area (Å²) in [5, 5.41) is 7.33. The standard InChI is InChI=1S/C18H18ClN5O2/c1-10-13(16(25)21-8-11-3-4-12(19)20-7-11)14-15(24-18(2)5-6-18)22-9-23-17(14)26-10/h3-4,7,9H,5-6,8H2,1-2H3,(H,21,25)(H,22,23,24). The van der Waals surface area contributed by atoms with Gasteiger partial charge in [-0.05, 0) is 38.3 Å². The smallest absolute Gasteiger partial charge is 0.255 e. The molecule has 2 N–H and O–H groups in total. The number of furan rings is 1. The van der Waals surface area contributed by atoms with Gasteiger partial charge in [-0.1, -0.05) is 17.7 Å². The SMILES string of the molecule is Cc1oc2ncnc(NC3(C)CC3)c2c1C(=O)NCc1ccc(Cl)nc1. The van der Waals surface area contributed by atoms with E-state index in [0.717, 1.165) is 18.4 Å². The molecule has 1 amide bonds. The van der Waals surface area contributed by atoms with E-state index in [1.165, 1.54) is 6.33 Å². The Morgan fingerprint density at radius 3 is 2.81 bits per heavy atom. The van der Waals surface area contributed by atoms with E-state index in [1.807, 2.05) is 6.07 Å². The number of hydrogen-bond acceptors (Lipinski definition) is 6. The van der Waals surface area contributed by atoms with E-state index in [-0.39, 0.29) is 11.4 Å². The molecule has 0 spiro atoms. The van der Waals surface area contributed by atoms with Crippen molar-refractivity contribution in [2.75, 3.05) is 5.32 Å². The Bertz CT molecular complexity index is 979. The molecule has 8 heteroatoms. The summed E-state index contributed by atoms with van der Waals surface area (Å²) in [5.41, 5.74) is 1.74. The van der Waals surface area contributed by atoms with E-state index < -0.39 is 0 Å². The number of carbonyl (C=O) groups is 1. The molecule has 1 aliphatic rings. The van der Waals surface area contributed by atoms with Gasteiger partial charge in [0, 0.05) is 18.3 Å². The first-order chi connectivity index (χ1) is 12.5. The summed E-state index contributed by atoms with van der Waals surface area (Å²) in [4.78, 5) is 25.3. The quantitative estimate of drug-likeness (QED) is 0.667. The summed E-state index contributed by atoms with van der Waals surface area (Å²) < 4.78 is 5.68. The summed E-state index contributed by atoms with van der Waals surface area (Å²) in [6, 6.07) is 3.51. The van der Waals surface area contributed by atoms with Gasteiger partial charge < -0.3 is 15.1 Å². The van der Waals surface area contributed by atoms with Gasteiger partial charge in [0.1, 0.15) is 23.1 Å². The highest BCUT2D eigenvalue weighted by molar-refractivity contribution is 6.29. The van der Waals surface area contributed by atoms with Crippen molar-refractivity contribution in [3.63, 3.8) is 0 Å². The number of carbonyl (C=O) groups excluding carboxylic acids is 1. The summed E-state index contributed by atoms with van der Waals surface area (Å²) in [6.45, 7) is 4.22. The van der Waals surface area contributed by atoms with E-state index in [4.69, 9.17) is 16.0 Å². The van der Waals surface area contributed by atoms with Gasteiger partial charge in [0.2, 0.25) is 5.71 Å². The number of amides is 1. The number of nitrogens with one attached hydrogen (secondary N) is 2. The van der Waals surface area contributed by atoms with Crippen LogP contribution in [0.4, 0.5) is 5.82 Å². The number of pyridine rings is 1. The van der Waals surface area contributed by atoms with Crippen molar-refractivity contribution in [3.8, 4) is 0 Å². The van der Waals surface area contributed by atoms with Crippen molar-refractivity contribution in [3.05, 3.63) is 46.7 Å². The van der Waals surface area contributed by atoms with E-state index >= 15 is 0 Å². The number of rotatable bonds is 5. The number of aromatic nitrogens is 3. The zero-order chi connectivity index (χ0) is 18.3. The Kier molecular flexibility index (Phi) is 4.03. The minimum Gasteiger partial charge on any atom is -0.442 e. The van der Waals surface area contributed by atoms with Gasteiger partial charge in [0.05, 0.1) is 10.9 Å². The first-order valence-electron chi connectivity index (χ1n) is 8.36. The van der Waals surface area contributed by atoms with Gasteiger partial charge in [0.25, 0.3) is 5.91 Å². The van der Waals surface area contributed by atoms with E-state index in [9.17, 15) is 4.79 Å². The predicted molar refractivity (Wildman–Crippen MR) is 98.2 cm³/mol. The molecule has 3 aromatic heterocycles. The van der Waals surface area contributed by atoms with Crippen LogP contribution in [-0.4, -0.2) is 26.4 Å². The topological polar surface area (TPSA) is 92.9 Å². The Morgan fingerprint density at radius 2 is 2.12 bits per heavy atom. The van der Waals surface area contributed by atoms with Crippen molar-refractivity contribution in [1.82, 2.24) is 20.3 Å². The normalized spacial score (nSPS) is 15.0. The van der Waals surface area contributed by atoms with Crippen molar-refractivity contribution in [1.29, 1.82) is 0 Å². The minimum absolute atomic E-state index is 0.0230. The van der Waals surface area contributed by atoms with Crippen molar-refractivity contribution < 1.29 is 9.21 Å². The zero-order valence-corrected chi connectivity index (χ0v) is 15.2. The van der Waals surface area contributed by atoms with Gasteiger partial charge >= 0.3 is 0 Å². The van der Waals surface area contributed by atoms with E-state index in [1.54, 1.807) is 19.2 Å². The van der Waals surface area contributed by atoms with Crippen LogP contribution in [0.15, 0.2) is 29.1 Å². The fourth-order valence-electron chi connectivity index (χ4n) is 2.79. The van der Waals surface area contributed by atoms with Gasteiger partial charge in [0.15, 0.2) is 0 Å². The zero-order valence-electron chi connectivity index (χ0n) is 14.5. The molecular formula is C18H18ClN5O2. The molecule has 3 aromatic rings. The van der Waals surface area contributed by atoms with Gasteiger partial charge in [-0.15, -0.1) is 0 Å². The largest absolute Gasteiger partial charge is 0.442 e. The molecule has 0 bridgehead atoms. The molecule has 0 radical (unpaired) electrons. The number of nitrogens with zero attached hydrogens (tertiary/aromatic N) is 3. The average molecular weight is 372 g/mol. The van der Waals surface area contributed by atoms with Crippen LogP contribution < -0.4 is 10.6 Å². The molecule has 26 heavy (non-hydrogen) atoms. The number of anilines is 1. The molecule has 0 atom stereocenters. The van der Waals surface area contributed by atoms with E-state index in [0.29, 0.717) is 39.9 Å². The molecule has 1 aliphatic carbocycles. The summed E-state index contributed by atoms with van der Waals surface area (Å²) in [6.07, 6.45) is 5.22. The second-order valence-electron chi connectivity index (χ2n) is 6.79. The fourth-order valence-corrected chi connectivity index (χ4v) is 2.90. The molecule has 4 rings (SSSR count). The first-order valence-corrected chi connectivity index (χ1v) is 8.74. The number of fused-ring (bicyclic) bond motifs is 1. The predicted octanol–water partition coefficient (Wildman–Crippen LogP) is 3.47. The molecule has 0 aromatic carbocycles. The third-order valence-corrected chi connectivity index (χ3v) is 4.78. The second-order valence-corrected chi connectivity index (χ2v) is 7.18.